The maximum atomic E-state index is 12.9. The lowest BCUT2D eigenvalue weighted by Crippen LogP contribution is -2.47. The fourth-order valence-corrected chi connectivity index (χ4v) is 4.21. The van der Waals surface area contributed by atoms with Gasteiger partial charge in [0.15, 0.2) is 0 Å². The maximum Gasteiger partial charge on any atom is 0.230 e. The third kappa shape index (κ3) is 2.02. The number of aryl methyl sites for hydroxylation is 1. The fourth-order valence-electron chi connectivity index (χ4n) is 4.21. The number of nitrogens with zero attached hydrogens (tertiary/aromatic N) is 2. The minimum absolute atomic E-state index is 0.276. The Labute approximate surface area is 126 Å². The summed E-state index contributed by atoms with van der Waals surface area (Å²) in [6, 6.07) is 7.01. The predicted molar refractivity (Wildman–Crippen MR) is 84.6 cm³/mol. The van der Waals surface area contributed by atoms with Gasteiger partial charge in [0.1, 0.15) is 0 Å². The highest BCUT2D eigenvalue weighted by Crippen LogP contribution is 2.48. The lowest BCUT2D eigenvalue weighted by Gasteiger charge is -2.36. The number of carbonyl (C=O) groups is 1. The van der Waals surface area contributed by atoms with Gasteiger partial charge in [-0.25, -0.2) is 0 Å². The molecule has 1 saturated heterocycles. The number of amides is 1. The Morgan fingerprint density at radius 1 is 1.33 bits per heavy atom. The van der Waals surface area contributed by atoms with Gasteiger partial charge in [-0.05, 0) is 50.9 Å². The van der Waals surface area contributed by atoms with Crippen molar-refractivity contribution >= 4 is 11.6 Å². The molecule has 1 aromatic rings. The number of carbonyl (C=O) groups excluding carboxylic acids is 1. The molecule has 4 rings (SSSR count). The van der Waals surface area contributed by atoms with Crippen LogP contribution in [0.1, 0.15) is 36.8 Å². The first kappa shape index (κ1) is 13.3. The van der Waals surface area contributed by atoms with Crippen LogP contribution in [0.3, 0.4) is 0 Å². The van der Waals surface area contributed by atoms with Crippen LogP contribution in [-0.4, -0.2) is 37.0 Å². The maximum absolute atomic E-state index is 12.9. The van der Waals surface area contributed by atoms with E-state index in [0.29, 0.717) is 23.8 Å². The first-order valence-corrected chi connectivity index (χ1v) is 8.18. The second kappa shape index (κ2) is 4.57. The second-order valence-corrected chi connectivity index (χ2v) is 7.31. The number of benzene rings is 1. The molecular weight excluding hydrogens is 260 g/mol. The number of piperidine rings is 1. The third-order valence-electron chi connectivity index (χ3n) is 5.62. The summed E-state index contributed by atoms with van der Waals surface area (Å²) in [7, 11) is 2.19. The molecule has 2 aliphatic heterocycles. The Morgan fingerprint density at radius 3 is 2.81 bits per heavy atom. The van der Waals surface area contributed by atoms with Crippen molar-refractivity contribution in [2.24, 2.45) is 11.8 Å². The third-order valence-corrected chi connectivity index (χ3v) is 5.62. The summed E-state index contributed by atoms with van der Waals surface area (Å²) in [6.07, 6.45) is 2.18. The molecule has 1 aromatic carbocycles. The molecule has 1 saturated carbocycles. The minimum Gasteiger partial charge on any atom is -0.308 e. The highest BCUT2D eigenvalue weighted by molar-refractivity contribution is 5.99. The van der Waals surface area contributed by atoms with Crippen molar-refractivity contribution in [2.75, 3.05) is 25.0 Å². The molecule has 0 bridgehead atoms. The lowest BCUT2D eigenvalue weighted by atomic mass is 9.89. The molecule has 1 amide bonds. The Balaban J connectivity index is 1.75. The molecule has 0 aromatic heterocycles. The molecule has 0 radical (unpaired) electrons. The van der Waals surface area contributed by atoms with E-state index in [4.69, 9.17) is 0 Å². The van der Waals surface area contributed by atoms with E-state index in [1.807, 2.05) is 0 Å². The van der Waals surface area contributed by atoms with E-state index in [1.54, 1.807) is 0 Å². The SMILES string of the molecule is Cc1ccc2c(c1)[C@@H]1CN(C)CC[C@@H]1N2C(=O)[C@H]1C[C@@H]1C. The zero-order valence-electron chi connectivity index (χ0n) is 13.2. The molecule has 4 atom stereocenters. The van der Waals surface area contributed by atoms with Crippen LogP contribution in [0.2, 0.25) is 0 Å². The van der Waals surface area contributed by atoms with Crippen LogP contribution in [-0.2, 0) is 4.79 Å². The molecule has 0 unspecified atom stereocenters. The molecule has 0 spiro atoms. The first-order chi connectivity index (χ1) is 10.1. The van der Waals surface area contributed by atoms with Gasteiger partial charge in [-0.1, -0.05) is 24.6 Å². The summed E-state index contributed by atoms with van der Waals surface area (Å²) < 4.78 is 0. The quantitative estimate of drug-likeness (QED) is 0.791. The molecule has 0 N–H and O–H groups in total. The molecule has 21 heavy (non-hydrogen) atoms. The molecule has 2 heterocycles. The van der Waals surface area contributed by atoms with Gasteiger partial charge < -0.3 is 9.80 Å². The van der Waals surface area contributed by atoms with Gasteiger partial charge in [0.25, 0.3) is 0 Å². The number of hydrogen-bond donors (Lipinski definition) is 0. The average molecular weight is 284 g/mol. The molecule has 3 heteroatoms. The number of likely N-dealkylation sites (N-methyl/N-ethyl adjacent to an activating group) is 1. The van der Waals surface area contributed by atoms with Crippen molar-refractivity contribution in [3.05, 3.63) is 29.3 Å². The van der Waals surface area contributed by atoms with Gasteiger partial charge in [-0.3, -0.25) is 4.79 Å². The largest absolute Gasteiger partial charge is 0.308 e. The molecule has 3 aliphatic rings. The highest BCUT2D eigenvalue weighted by atomic mass is 16.2. The number of likely N-dealkylation sites (tertiary alicyclic amines) is 1. The van der Waals surface area contributed by atoms with Crippen molar-refractivity contribution in [1.29, 1.82) is 0 Å². The standard InChI is InChI=1S/C18H24N2O/c1-11-4-5-16-14(8-11)15-10-19(3)7-6-17(15)20(16)18(21)13-9-12(13)2/h4-5,8,12-13,15,17H,6-7,9-10H2,1-3H3/t12-,13-,15-,17-/m0/s1. The zero-order valence-corrected chi connectivity index (χ0v) is 13.2. The average Bonchev–Trinajstić information content (AvgIpc) is 3.10. The molecule has 2 fully saturated rings. The van der Waals surface area contributed by atoms with E-state index in [-0.39, 0.29) is 5.92 Å². The van der Waals surface area contributed by atoms with Crippen LogP contribution in [0.5, 0.6) is 0 Å². The molecule has 3 nitrogen and oxygen atoms in total. The van der Waals surface area contributed by atoms with Gasteiger partial charge in [0.2, 0.25) is 5.91 Å². The summed E-state index contributed by atoms with van der Waals surface area (Å²) in [6.45, 7) is 6.51. The predicted octanol–water partition coefficient (Wildman–Crippen LogP) is 2.79. The summed E-state index contributed by atoms with van der Waals surface area (Å²) in [4.78, 5) is 17.5. The lowest BCUT2D eigenvalue weighted by molar-refractivity contribution is -0.120. The van der Waals surface area contributed by atoms with E-state index in [2.05, 4.69) is 48.9 Å². The summed E-state index contributed by atoms with van der Waals surface area (Å²) >= 11 is 0. The summed E-state index contributed by atoms with van der Waals surface area (Å²) in [5.41, 5.74) is 3.89. The first-order valence-electron chi connectivity index (χ1n) is 8.18. The fraction of sp³-hybridized carbons (Fsp3) is 0.611. The number of anilines is 1. The van der Waals surface area contributed by atoms with Gasteiger partial charge in [0, 0.05) is 30.1 Å². The molecule has 1 aliphatic carbocycles. The van der Waals surface area contributed by atoms with Crippen LogP contribution in [0.15, 0.2) is 18.2 Å². The Bertz CT molecular complexity index is 597. The van der Waals surface area contributed by atoms with Crippen LogP contribution < -0.4 is 4.90 Å². The number of rotatable bonds is 1. The van der Waals surface area contributed by atoms with E-state index in [1.165, 1.54) is 16.8 Å². The van der Waals surface area contributed by atoms with Crippen molar-refractivity contribution in [3.63, 3.8) is 0 Å². The van der Waals surface area contributed by atoms with Gasteiger partial charge in [-0.15, -0.1) is 0 Å². The van der Waals surface area contributed by atoms with Crippen LogP contribution in [0, 0.1) is 18.8 Å². The van der Waals surface area contributed by atoms with Crippen molar-refractivity contribution in [1.82, 2.24) is 4.90 Å². The number of fused-ring (bicyclic) bond motifs is 3. The van der Waals surface area contributed by atoms with Crippen LogP contribution >= 0.6 is 0 Å². The Hall–Kier alpha value is -1.35. The van der Waals surface area contributed by atoms with Gasteiger partial charge in [-0.2, -0.15) is 0 Å². The van der Waals surface area contributed by atoms with Crippen LogP contribution in [0.4, 0.5) is 5.69 Å². The number of hydrogen-bond acceptors (Lipinski definition) is 2. The van der Waals surface area contributed by atoms with E-state index in [0.717, 1.165) is 25.9 Å². The van der Waals surface area contributed by atoms with E-state index >= 15 is 0 Å². The molecule has 112 valence electrons. The summed E-state index contributed by atoms with van der Waals surface area (Å²) in [5.74, 6) is 1.73. The van der Waals surface area contributed by atoms with Crippen LogP contribution in [0.25, 0.3) is 0 Å². The highest BCUT2D eigenvalue weighted by Gasteiger charge is 2.49. The monoisotopic (exact) mass is 284 g/mol. The van der Waals surface area contributed by atoms with Crippen molar-refractivity contribution in [3.8, 4) is 0 Å². The van der Waals surface area contributed by atoms with Gasteiger partial charge in [0.05, 0.1) is 0 Å². The van der Waals surface area contributed by atoms with Gasteiger partial charge >= 0.3 is 0 Å². The normalized spacial score (nSPS) is 34.5. The van der Waals surface area contributed by atoms with E-state index in [9.17, 15) is 4.79 Å². The minimum atomic E-state index is 0.276. The Morgan fingerprint density at radius 2 is 2.10 bits per heavy atom. The van der Waals surface area contributed by atoms with Crippen molar-refractivity contribution < 1.29 is 4.79 Å². The van der Waals surface area contributed by atoms with Crippen molar-refractivity contribution in [2.45, 2.75) is 38.6 Å². The smallest absolute Gasteiger partial charge is 0.230 e. The Kier molecular flexibility index (Phi) is 2.90. The van der Waals surface area contributed by atoms with E-state index < -0.39 is 0 Å². The topological polar surface area (TPSA) is 23.6 Å². The molecular formula is C18H24N2O. The zero-order chi connectivity index (χ0) is 14.7. The summed E-state index contributed by atoms with van der Waals surface area (Å²) in [5, 5.41) is 0. The second-order valence-electron chi connectivity index (χ2n) is 7.31.